The lowest BCUT2D eigenvalue weighted by molar-refractivity contribution is 0.472. The number of halogens is 1. The Morgan fingerprint density at radius 1 is 1.26 bits per heavy atom. The van der Waals surface area contributed by atoms with Gasteiger partial charge in [0, 0.05) is 19.0 Å². The number of hydrogen-bond acceptors (Lipinski definition) is 2. The van der Waals surface area contributed by atoms with Crippen molar-refractivity contribution in [2.75, 3.05) is 0 Å². The minimum Gasteiger partial charge on any atom is -0.321 e. The van der Waals surface area contributed by atoms with E-state index < -0.39 is 5.54 Å². The molecule has 0 aliphatic heterocycles. The summed E-state index contributed by atoms with van der Waals surface area (Å²) in [6.45, 7) is 6.00. The van der Waals surface area contributed by atoms with Gasteiger partial charge in [0.15, 0.2) is 0 Å². The molecule has 0 aliphatic carbocycles. The van der Waals surface area contributed by atoms with Crippen molar-refractivity contribution in [1.82, 2.24) is 9.78 Å². The van der Waals surface area contributed by atoms with E-state index in [2.05, 4.69) is 36.3 Å². The van der Waals surface area contributed by atoms with Gasteiger partial charge in [0.25, 0.3) is 0 Å². The van der Waals surface area contributed by atoms with Crippen molar-refractivity contribution in [3.8, 4) is 0 Å². The Bertz CT molecular complexity index is 582. The minimum atomic E-state index is -0.461. The van der Waals surface area contributed by atoms with Gasteiger partial charge in [-0.25, -0.2) is 0 Å². The zero-order valence-corrected chi connectivity index (χ0v) is 12.6. The largest absolute Gasteiger partial charge is 0.321 e. The molecule has 0 spiro atoms. The monoisotopic (exact) mass is 277 g/mol. The number of hydrogen-bond donors (Lipinski definition) is 1. The van der Waals surface area contributed by atoms with Gasteiger partial charge in [-0.1, -0.05) is 41.4 Å². The van der Waals surface area contributed by atoms with E-state index in [0.717, 1.165) is 17.0 Å². The van der Waals surface area contributed by atoms with Crippen LogP contribution in [0.25, 0.3) is 0 Å². The van der Waals surface area contributed by atoms with Crippen molar-refractivity contribution in [2.24, 2.45) is 12.8 Å². The summed E-state index contributed by atoms with van der Waals surface area (Å²) < 4.78 is 1.82. The van der Waals surface area contributed by atoms with Crippen molar-refractivity contribution < 1.29 is 0 Å². The number of nitrogens with zero attached hydrogens (tertiary/aromatic N) is 2. The Morgan fingerprint density at radius 3 is 2.32 bits per heavy atom. The summed E-state index contributed by atoms with van der Waals surface area (Å²) in [5, 5.41) is 5.05. The fraction of sp³-hybridized carbons (Fsp3) is 0.400. The molecule has 3 nitrogen and oxygen atoms in total. The van der Waals surface area contributed by atoms with E-state index in [1.54, 1.807) is 0 Å². The molecule has 1 aromatic carbocycles. The maximum atomic E-state index is 6.47. The molecule has 0 saturated heterocycles. The van der Waals surface area contributed by atoms with Crippen molar-refractivity contribution in [3.63, 3.8) is 0 Å². The summed E-state index contributed by atoms with van der Waals surface area (Å²) in [5.41, 5.74) is 10.2. The van der Waals surface area contributed by atoms with Crippen molar-refractivity contribution in [1.29, 1.82) is 0 Å². The normalized spacial score (nSPS) is 14.4. The fourth-order valence-corrected chi connectivity index (χ4v) is 2.48. The molecule has 19 heavy (non-hydrogen) atoms. The van der Waals surface area contributed by atoms with E-state index in [9.17, 15) is 0 Å². The molecule has 4 heteroatoms. The van der Waals surface area contributed by atoms with Gasteiger partial charge in [-0.3, -0.25) is 4.68 Å². The Hall–Kier alpha value is -1.32. The predicted octanol–water partition coefficient (Wildman–Crippen LogP) is 3.11. The number of benzene rings is 1. The number of aromatic nitrogens is 2. The van der Waals surface area contributed by atoms with E-state index in [1.165, 1.54) is 5.56 Å². The molecule has 1 heterocycles. The molecule has 0 bridgehead atoms. The first-order chi connectivity index (χ1) is 8.81. The number of aryl methyl sites for hydroxylation is 3. The molecule has 0 amide bonds. The molecule has 0 fully saturated rings. The molecule has 1 aromatic heterocycles. The van der Waals surface area contributed by atoms with Crippen LogP contribution in [0.5, 0.6) is 0 Å². The maximum absolute atomic E-state index is 6.47. The zero-order valence-electron chi connectivity index (χ0n) is 11.9. The van der Waals surface area contributed by atoms with E-state index in [4.69, 9.17) is 17.3 Å². The average Bonchev–Trinajstić information content (AvgIpc) is 2.56. The number of nitrogens with two attached hydrogens (primary N) is 1. The first kappa shape index (κ1) is 14.1. The Kier molecular flexibility index (Phi) is 3.70. The summed E-state index contributed by atoms with van der Waals surface area (Å²) in [4.78, 5) is 0. The van der Waals surface area contributed by atoms with Crippen LogP contribution in [-0.2, 0) is 19.0 Å². The first-order valence-corrected chi connectivity index (χ1v) is 6.73. The molecule has 0 saturated carbocycles. The fourth-order valence-electron chi connectivity index (χ4n) is 2.26. The van der Waals surface area contributed by atoms with Crippen LogP contribution >= 0.6 is 11.6 Å². The summed E-state index contributed by atoms with van der Waals surface area (Å²) in [6.07, 6.45) is 0.659. The van der Waals surface area contributed by atoms with Gasteiger partial charge in [0.05, 0.1) is 16.4 Å². The van der Waals surface area contributed by atoms with Crippen LogP contribution in [0.1, 0.15) is 29.4 Å². The standard InChI is InChI=1S/C15H20ClN3/c1-10-5-7-12(8-6-10)15(3,17)9-13-14(16)11(2)18-19(13)4/h5-8H,9,17H2,1-4H3. The lowest BCUT2D eigenvalue weighted by Crippen LogP contribution is -2.36. The topological polar surface area (TPSA) is 43.8 Å². The lowest BCUT2D eigenvalue weighted by atomic mass is 9.88. The summed E-state index contributed by atoms with van der Waals surface area (Å²) in [5.74, 6) is 0. The SMILES string of the molecule is Cc1ccc(C(C)(N)Cc2c(Cl)c(C)nn2C)cc1. The molecule has 1 atom stereocenters. The molecule has 1 unspecified atom stereocenters. The summed E-state index contributed by atoms with van der Waals surface area (Å²) in [6, 6.07) is 8.31. The zero-order chi connectivity index (χ0) is 14.2. The molecule has 2 N–H and O–H groups in total. The molecule has 2 aromatic rings. The van der Waals surface area contributed by atoms with Crippen LogP contribution in [0.15, 0.2) is 24.3 Å². The van der Waals surface area contributed by atoms with Crippen LogP contribution in [-0.4, -0.2) is 9.78 Å². The van der Waals surface area contributed by atoms with Gasteiger partial charge in [-0.15, -0.1) is 0 Å². The summed E-state index contributed by atoms with van der Waals surface area (Å²) in [7, 11) is 1.90. The van der Waals surface area contributed by atoms with Crippen LogP contribution < -0.4 is 5.73 Å². The molecular weight excluding hydrogens is 258 g/mol. The Morgan fingerprint density at radius 2 is 1.84 bits per heavy atom. The second-order valence-electron chi connectivity index (χ2n) is 5.43. The molecule has 2 rings (SSSR count). The van der Waals surface area contributed by atoms with Crippen LogP contribution in [0.2, 0.25) is 5.02 Å². The quantitative estimate of drug-likeness (QED) is 0.937. The molecule has 0 aliphatic rings. The molecule has 0 radical (unpaired) electrons. The van der Waals surface area contributed by atoms with E-state index >= 15 is 0 Å². The van der Waals surface area contributed by atoms with Gasteiger partial charge in [0.2, 0.25) is 0 Å². The average molecular weight is 278 g/mol. The molecular formula is C15H20ClN3. The highest BCUT2D eigenvalue weighted by Crippen LogP contribution is 2.28. The van der Waals surface area contributed by atoms with Crippen molar-refractivity contribution in [2.45, 2.75) is 32.7 Å². The van der Waals surface area contributed by atoms with E-state index in [0.29, 0.717) is 11.4 Å². The molecule has 102 valence electrons. The smallest absolute Gasteiger partial charge is 0.0847 e. The van der Waals surface area contributed by atoms with Crippen LogP contribution in [0, 0.1) is 13.8 Å². The van der Waals surface area contributed by atoms with Crippen molar-refractivity contribution in [3.05, 3.63) is 51.8 Å². The lowest BCUT2D eigenvalue weighted by Gasteiger charge is -2.25. The highest BCUT2D eigenvalue weighted by molar-refractivity contribution is 6.31. The Balaban J connectivity index is 2.33. The van der Waals surface area contributed by atoms with Gasteiger partial charge in [0.1, 0.15) is 0 Å². The van der Waals surface area contributed by atoms with Gasteiger partial charge < -0.3 is 5.73 Å². The van der Waals surface area contributed by atoms with Crippen LogP contribution in [0.4, 0.5) is 0 Å². The first-order valence-electron chi connectivity index (χ1n) is 6.35. The van der Waals surface area contributed by atoms with Gasteiger partial charge in [-0.05, 0) is 26.3 Å². The van der Waals surface area contributed by atoms with E-state index in [-0.39, 0.29) is 0 Å². The number of rotatable bonds is 3. The highest BCUT2D eigenvalue weighted by atomic mass is 35.5. The summed E-state index contributed by atoms with van der Waals surface area (Å²) >= 11 is 6.29. The third-order valence-electron chi connectivity index (χ3n) is 3.51. The second kappa shape index (κ2) is 4.99. The second-order valence-corrected chi connectivity index (χ2v) is 5.81. The van der Waals surface area contributed by atoms with Gasteiger partial charge >= 0.3 is 0 Å². The Labute approximate surface area is 119 Å². The highest BCUT2D eigenvalue weighted by Gasteiger charge is 2.25. The van der Waals surface area contributed by atoms with Crippen LogP contribution in [0.3, 0.4) is 0 Å². The minimum absolute atomic E-state index is 0.461. The maximum Gasteiger partial charge on any atom is 0.0847 e. The third kappa shape index (κ3) is 2.82. The van der Waals surface area contributed by atoms with E-state index in [1.807, 2.05) is 25.6 Å². The predicted molar refractivity (Wildman–Crippen MR) is 79.4 cm³/mol. The van der Waals surface area contributed by atoms with Gasteiger partial charge in [-0.2, -0.15) is 5.10 Å². The van der Waals surface area contributed by atoms with Crippen molar-refractivity contribution >= 4 is 11.6 Å². The third-order valence-corrected chi connectivity index (χ3v) is 4.00.